The van der Waals surface area contributed by atoms with Crippen molar-refractivity contribution >= 4 is 45.1 Å². The number of carbonyl (C=O) groups is 2. The molecule has 50 heavy (non-hydrogen) atoms. The average molecular weight is 667 g/mol. The molecule has 0 aliphatic heterocycles. The van der Waals surface area contributed by atoms with Gasteiger partial charge in [0.05, 0.1) is 18.5 Å². The van der Waals surface area contributed by atoms with Crippen LogP contribution in [0.2, 0.25) is 0 Å². The van der Waals surface area contributed by atoms with Crippen LogP contribution in [0.3, 0.4) is 0 Å². The molecule has 0 aliphatic rings. The SMILES string of the molecule is COc1ccc(-c2cc3ccccc3c(-c3c(NC(=O)OC(C)(C)C)c(-c4ccccc4)cc4ccccc34)c2NC(=O)OC(C)(C)C)cc1. The lowest BCUT2D eigenvalue weighted by Gasteiger charge is -2.26. The Balaban J connectivity index is 1.78. The van der Waals surface area contributed by atoms with Crippen LogP contribution in [0.5, 0.6) is 5.75 Å². The van der Waals surface area contributed by atoms with Crippen LogP contribution in [0.15, 0.2) is 115 Å². The van der Waals surface area contributed by atoms with E-state index >= 15 is 0 Å². The number of hydrogen-bond donors (Lipinski definition) is 2. The van der Waals surface area contributed by atoms with Gasteiger partial charge in [0, 0.05) is 22.3 Å². The van der Waals surface area contributed by atoms with E-state index in [-0.39, 0.29) is 0 Å². The molecule has 0 unspecified atom stereocenters. The van der Waals surface area contributed by atoms with E-state index in [1.54, 1.807) is 7.11 Å². The van der Waals surface area contributed by atoms with Crippen molar-refractivity contribution in [1.29, 1.82) is 0 Å². The highest BCUT2D eigenvalue weighted by Gasteiger charge is 2.28. The minimum absolute atomic E-state index is 0.533. The maximum absolute atomic E-state index is 13.8. The lowest BCUT2D eigenvalue weighted by molar-refractivity contribution is 0.0624. The van der Waals surface area contributed by atoms with Gasteiger partial charge in [0.1, 0.15) is 17.0 Å². The summed E-state index contributed by atoms with van der Waals surface area (Å²) in [7, 11) is 1.63. The summed E-state index contributed by atoms with van der Waals surface area (Å²) in [5.74, 6) is 0.710. The molecule has 6 aromatic rings. The molecule has 7 heteroatoms. The van der Waals surface area contributed by atoms with Gasteiger partial charge in [-0.3, -0.25) is 10.6 Å². The maximum Gasteiger partial charge on any atom is 0.412 e. The molecule has 254 valence electrons. The van der Waals surface area contributed by atoms with E-state index < -0.39 is 23.4 Å². The van der Waals surface area contributed by atoms with Crippen molar-refractivity contribution in [2.75, 3.05) is 17.7 Å². The molecule has 0 saturated carbocycles. The van der Waals surface area contributed by atoms with Crippen molar-refractivity contribution in [3.05, 3.63) is 115 Å². The van der Waals surface area contributed by atoms with Crippen LogP contribution in [0, 0.1) is 0 Å². The number of ether oxygens (including phenoxy) is 3. The van der Waals surface area contributed by atoms with Crippen LogP contribution in [0.25, 0.3) is 54.9 Å². The Bertz CT molecular complexity index is 2190. The normalized spacial score (nSPS) is 11.7. The standard InChI is InChI=1S/C43H42N2O5/c1-42(2,3)49-40(46)44-38-34(27-15-9-8-10-16-27)25-29-17-11-13-19-32(29)36(38)37-33-20-14-12-18-30(33)26-35(28-21-23-31(48-7)24-22-28)39(37)45-41(47)50-43(4,5)6/h8-26H,1-7H3,(H,44,46)(H,45,47). The predicted octanol–water partition coefficient (Wildman–Crippen LogP) is 11.7. The highest BCUT2D eigenvalue weighted by atomic mass is 16.6. The number of anilines is 2. The molecule has 0 atom stereocenters. The van der Waals surface area contributed by atoms with Crippen molar-refractivity contribution in [2.24, 2.45) is 0 Å². The van der Waals surface area contributed by atoms with Crippen molar-refractivity contribution in [3.63, 3.8) is 0 Å². The van der Waals surface area contributed by atoms with E-state index in [9.17, 15) is 9.59 Å². The molecule has 0 spiro atoms. The lowest BCUT2D eigenvalue weighted by Crippen LogP contribution is -2.28. The summed E-state index contributed by atoms with van der Waals surface area (Å²) in [6.07, 6.45) is -1.20. The number of amides is 2. The zero-order chi connectivity index (χ0) is 35.6. The molecular weight excluding hydrogens is 624 g/mol. The topological polar surface area (TPSA) is 85.9 Å². The van der Waals surface area contributed by atoms with E-state index in [2.05, 4.69) is 28.8 Å². The third-order valence-corrected chi connectivity index (χ3v) is 8.09. The summed E-state index contributed by atoms with van der Waals surface area (Å²) >= 11 is 0. The Morgan fingerprint density at radius 2 is 0.920 bits per heavy atom. The third kappa shape index (κ3) is 7.42. The second-order valence-electron chi connectivity index (χ2n) is 14.1. The fourth-order valence-electron chi connectivity index (χ4n) is 6.13. The van der Waals surface area contributed by atoms with Gasteiger partial charge in [-0.2, -0.15) is 0 Å². The summed E-state index contributed by atoms with van der Waals surface area (Å²) in [5, 5.41) is 9.97. The average Bonchev–Trinajstić information content (AvgIpc) is 3.07. The summed E-state index contributed by atoms with van der Waals surface area (Å²) in [6, 6.07) is 37.9. The Morgan fingerprint density at radius 3 is 1.34 bits per heavy atom. The molecule has 0 radical (unpaired) electrons. The van der Waals surface area contributed by atoms with Crippen molar-refractivity contribution < 1.29 is 23.8 Å². The summed E-state index contributed by atoms with van der Waals surface area (Å²) in [5.41, 5.74) is 4.38. The van der Waals surface area contributed by atoms with E-state index in [0.29, 0.717) is 17.1 Å². The molecule has 0 bridgehead atoms. The van der Waals surface area contributed by atoms with Crippen LogP contribution in [-0.4, -0.2) is 30.5 Å². The smallest absolute Gasteiger partial charge is 0.412 e. The first-order valence-electron chi connectivity index (χ1n) is 16.6. The number of methoxy groups -OCH3 is 1. The quantitative estimate of drug-likeness (QED) is 0.185. The van der Waals surface area contributed by atoms with E-state index in [4.69, 9.17) is 14.2 Å². The lowest BCUT2D eigenvalue weighted by atomic mass is 9.85. The monoisotopic (exact) mass is 666 g/mol. The van der Waals surface area contributed by atoms with Gasteiger partial charge in [-0.15, -0.1) is 0 Å². The highest BCUT2D eigenvalue weighted by molar-refractivity contribution is 6.21. The van der Waals surface area contributed by atoms with Gasteiger partial charge in [-0.1, -0.05) is 91.0 Å². The second-order valence-corrected chi connectivity index (χ2v) is 14.1. The first-order valence-corrected chi connectivity index (χ1v) is 16.6. The molecule has 6 aromatic carbocycles. The van der Waals surface area contributed by atoms with Gasteiger partial charge in [-0.05, 0) is 98.5 Å². The minimum Gasteiger partial charge on any atom is -0.497 e. The maximum atomic E-state index is 13.8. The molecule has 2 amide bonds. The molecule has 0 fully saturated rings. The van der Waals surface area contributed by atoms with Crippen molar-refractivity contribution in [2.45, 2.75) is 52.7 Å². The Morgan fingerprint density at radius 1 is 0.520 bits per heavy atom. The molecule has 0 aromatic heterocycles. The molecule has 0 saturated heterocycles. The number of nitrogens with one attached hydrogen (secondary N) is 2. The van der Waals surface area contributed by atoms with E-state index in [1.807, 2.05) is 139 Å². The first-order chi connectivity index (χ1) is 23.8. The largest absolute Gasteiger partial charge is 0.497 e. The number of benzene rings is 6. The Labute approximate surface area is 293 Å². The summed E-state index contributed by atoms with van der Waals surface area (Å²) < 4.78 is 17.1. The first kappa shape index (κ1) is 34.1. The molecule has 0 aliphatic carbocycles. The zero-order valence-corrected chi connectivity index (χ0v) is 29.5. The number of hydrogen-bond acceptors (Lipinski definition) is 5. The summed E-state index contributed by atoms with van der Waals surface area (Å²) in [6.45, 7) is 11.0. The highest BCUT2D eigenvalue weighted by Crippen LogP contribution is 2.50. The molecule has 2 N–H and O–H groups in total. The van der Waals surface area contributed by atoms with Crippen LogP contribution in [0.1, 0.15) is 41.5 Å². The zero-order valence-electron chi connectivity index (χ0n) is 29.5. The van der Waals surface area contributed by atoms with Gasteiger partial charge in [0.2, 0.25) is 0 Å². The minimum atomic E-state index is -0.745. The van der Waals surface area contributed by atoms with Gasteiger partial charge >= 0.3 is 12.2 Å². The predicted molar refractivity (Wildman–Crippen MR) is 204 cm³/mol. The fraction of sp³-hybridized carbons (Fsp3) is 0.209. The Kier molecular flexibility index (Phi) is 9.26. The van der Waals surface area contributed by atoms with E-state index in [1.165, 1.54) is 0 Å². The van der Waals surface area contributed by atoms with Crippen molar-refractivity contribution in [3.8, 4) is 39.1 Å². The fourth-order valence-corrected chi connectivity index (χ4v) is 6.13. The number of rotatable bonds is 6. The Hall–Kier alpha value is -5.82. The van der Waals surface area contributed by atoms with Crippen LogP contribution in [-0.2, 0) is 9.47 Å². The van der Waals surface area contributed by atoms with Gasteiger partial charge in [-0.25, -0.2) is 9.59 Å². The summed E-state index contributed by atoms with van der Waals surface area (Å²) in [4.78, 5) is 27.5. The van der Waals surface area contributed by atoms with Gasteiger partial charge < -0.3 is 14.2 Å². The second kappa shape index (κ2) is 13.6. The van der Waals surface area contributed by atoms with Crippen LogP contribution >= 0.6 is 0 Å². The number of carbonyl (C=O) groups excluding carboxylic acids is 2. The van der Waals surface area contributed by atoms with Crippen molar-refractivity contribution in [1.82, 2.24) is 0 Å². The van der Waals surface area contributed by atoms with Crippen LogP contribution in [0.4, 0.5) is 21.0 Å². The van der Waals surface area contributed by atoms with E-state index in [0.717, 1.165) is 54.9 Å². The van der Waals surface area contributed by atoms with Gasteiger partial charge in [0.25, 0.3) is 0 Å². The molecule has 7 nitrogen and oxygen atoms in total. The van der Waals surface area contributed by atoms with Gasteiger partial charge in [0.15, 0.2) is 0 Å². The third-order valence-electron chi connectivity index (χ3n) is 8.09. The molecule has 0 heterocycles. The molecule has 6 rings (SSSR count). The number of fused-ring (bicyclic) bond motifs is 2. The molecular formula is C43H42N2O5. The van der Waals surface area contributed by atoms with Crippen LogP contribution < -0.4 is 15.4 Å².